The molecule has 0 bridgehead atoms. The Morgan fingerprint density at radius 1 is 0.703 bits per heavy atom. The Morgan fingerprint density at radius 2 is 1.24 bits per heavy atom. The molecule has 0 unspecified atom stereocenters. The van der Waals surface area contributed by atoms with Crippen molar-refractivity contribution in [3.8, 4) is 11.5 Å². The van der Waals surface area contributed by atoms with Gasteiger partial charge in [-0.15, -0.1) is 0 Å². The molecule has 3 aromatic carbocycles. The van der Waals surface area contributed by atoms with Crippen LogP contribution >= 0.6 is 0 Å². The van der Waals surface area contributed by atoms with E-state index in [1.807, 2.05) is 12.5 Å². The van der Waals surface area contributed by atoms with Crippen LogP contribution in [0.15, 0.2) is 97.6 Å². The predicted octanol–water partition coefficient (Wildman–Crippen LogP) is 6.26. The highest BCUT2D eigenvalue weighted by molar-refractivity contribution is 6.57. The normalized spacial score (nSPS) is 11.7. The monoisotopic (exact) mass is 512 g/mol. The minimum absolute atomic E-state index is 0.334. The molecule has 4 rings (SSSR count). The fourth-order valence-electron chi connectivity index (χ4n) is 4.87. The number of hydrogen-bond acceptors (Lipinski definition) is 3. The van der Waals surface area contributed by atoms with Crippen LogP contribution in [-0.4, -0.2) is 32.3 Å². The van der Waals surface area contributed by atoms with Crippen molar-refractivity contribution in [2.45, 2.75) is 57.5 Å². The van der Waals surface area contributed by atoms with Crippen molar-refractivity contribution < 1.29 is 9.47 Å². The van der Waals surface area contributed by atoms with Gasteiger partial charge in [-0.2, -0.15) is 0 Å². The Bertz CT molecular complexity index is 1100. The summed E-state index contributed by atoms with van der Waals surface area (Å²) in [5.74, 6) is 1.85. The number of hydrogen-bond donors (Lipinski definition) is 0. The van der Waals surface area contributed by atoms with E-state index < -0.39 is 9.52 Å². The molecule has 194 valence electrons. The number of benzene rings is 3. The first-order valence-electron chi connectivity index (χ1n) is 13.8. The Kier molecular flexibility index (Phi) is 10.0. The van der Waals surface area contributed by atoms with Crippen LogP contribution in [0.2, 0.25) is 0 Å². The Labute approximate surface area is 224 Å². The summed E-state index contributed by atoms with van der Waals surface area (Å²) in [7, 11) is -0.899. The molecular formula is C32H40N2O2Si. The Balaban J connectivity index is 1.70. The first-order valence-corrected chi connectivity index (χ1v) is 15.2. The van der Waals surface area contributed by atoms with Crippen molar-refractivity contribution in [1.29, 1.82) is 0 Å². The van der Waals surface area contributed by atoms with Gasteiger partial charge in [0.25, 0.3) is 0 Å². The topological polar surface area (TPSA) is 36.3 Å². The van der Waals surface area contributed by atoms with Crippen LogP contribution in [0.25, 0.3) is 0 Å². The van der Waals surface area contributed by atoms with Crippen molar-refractivity contribution in [3.63, 3.8) is 0 Å². The SMILES string of the molecule is CCCCCOc1ccc(C([SiH2]c2ccccc2)(c2ccc(OCCCCC)cc2)n2ccnc2)cc1. The van der Waals surface area contributed by atoms with Crippen LogP contribution in [0.1, 0.15) is 63.5 Å². The highest BCUT2D eigenvalue weighted by Crippen LogP contribution is 2.35. The first-order chi connectivity index (χ1) is 18.3. The summed E-state index contributed by atoms with van der Waals surface area (Å²) in [5.41, 5.74) is 2.50. The van der Waals surface area contributed by atoms with Crippen LogP contribution in [0, 0.1) is 0 Å². The van der Waals surface area contributed by atoms with E-state index in [-0.39, 0.29) is 5.16 Å². The fourth-order valence-corrected chi connectivity index (χ4v) is 7.22. The molecule has 0 fully saturated rings. The third-order valence-corrected chi connectivity index (χ3v) is 9.52. The fraction of sp³-hybridized carbons (Fsp3) is 0.344. The summed E-state index contributed by atoms with van der Waals surface area (Å²) in [6.45, 7) is 5.95. The second-order valence-electron chi connectivity index (χ2n) is 9.65. The number of nitrogens with zero attached hydrogens (tertiary/aromatic N) is 2. The first kappa shape index (κ1) is 26.7. The highest BCUT2D eigenvalue weighted by Gasteiger charge is 2.37. The summed E-state index contributed by atoms with van der Waals surface area (Å²) in [4.78, 5) is 4.47. The molecule has 0 radical (unpaired) electrons. The summed E-state index contributed by atoms with van der Waals surface area (Å²) < 4.78 is 14.4. The third kappa shape index (κ3) is 6.92. The van der Waals surface area contributed by atoms with E-state index in [1.54, 1.807) is 0 Å². The van der Waals surface area contributed by atoms with E-state index in [9.17, 15) is 0 Å². The molecule has 0 N–H and O–H groups in total. The Hall–Kier alpha value is -3.31. The molecule has 4 nitrogen and oxygen atoms in total. The van der Waals surface area contributed by atoms with Crippen molar-refractivity contribution in [2.75, 3.05) is 13.2 Å². The molecular weight excluding hydrogens is 472 g/mol. The maximum absolute atomic E-state index is 6.04. The molecule has 0 saturated carbocycles. The van der Waals surface area contributed by atoms with Crippen molar-refractivity contribution in [3.05, 3.63) is 109 Å². The maximum Gasteiger partial charge on any atom is 0.119 e. The lowest BCUT2D eigenvalue weighted by Crippen LogP contribution is -2.46. The van der Waals surface area contributed by atoms with Gasteiger partial charge in [-0.25, -0.2) is 4.98 Å². The molecule has 4 aromatic rings. The second kappa shape index (κ2) is 13.8. The average molecular weight is 513 g/mol. The standard InChI is InChI=1S/C32H40N2O2Si/c1-3-5-10-24-35-29-18-14-27(15-19-29)32(34-23-22-33-26-34,37-31-12-8-7-9-13-31)28-16-20-30(21-17-28)36-25-11-6-4-2/h7-9,12-23,26H,3-6,10-11,24-25,37H2,1-2H3. The van der Waals surface area contributed by atoms with Crippen molar-refractivity contribution >= 4 is 14.7 Å². The van der Waals surface area contributed by atoms with Crippen molar-refractivity contribution in [1.82, 2.24) is 9.55 Å². The minimum Gasteiger partial charge on any atom is -0.494 e. The molecule has 0 aliphatic rings. The van der Waals surface area contributed by atoms with Gasteiger partial charge < -0.3 is 14.0 Å². The van der Waals surface area contributed by atoms with Gasteiger partial charge in [0.05, 0.1) is 34.2 Å². The number of ether oxygens (including phenoxy) is 2. The van der Waals surface area contributed by atoms with Gasteiger partial charge in [0, 0.05) is 12.4 Å². The zero-order valence-electron chi connectivity index (χ0n) is 22.3. The van der Waals surface area contributed by atoms with Crippen LogP contribution in [0.5, 0.6) is 11.5 Å². The quantitative estimate of drug-likeness (QED) is 0.139. The van der Waals surface area contributed by atoms with Crippen LogP contribution in [-0.2, 0) is 5.16 Å². The van der Waals surface area contributed by atoms with Crippen LogP contribution < -0.4 is 14.7 Å². The molecule has 1 heterocycles. The molecule has 0 amide bonds. The van der Waals surface area contributed by atoms with E-state index in [4.69, 9.17) is 9.47 Å². The second-order valence-corrected chi connectivity index (χ2v) is 11.8. The largest absolute Gasteiger partial charge is 0.494 e. The van der Waals surface area contributed by atoms with Gasteiger partial charge in [-0.1, -0.05) is 99.3 Å². The summed E-state index contributed by atoms with van der Waals surface area (Å²) in [6.07, 6.45) is 12.9. The van der Waals surface area contributed by atoms with E-state index in [0.717, 1.165) is 37.6 Å². The van der Waals surface area contributed by atoms with E-state index in [2.05, 4.69) is 108 Å². The molecule has 5 heteroatoms. The molecule has 0 atom stereocenters. The number of unbranched alkanes of at least 4 members (excludes halogenated alkanes) is 4. The van der Waals surface area contributed by atoms with Gasteiger partial charge in [-0.3, -0.25) is 0 Å². The lowest BCUT2D eigenvalue weighted by atomic mass is 9.97. The summed E-state index contributed by atoms with van der Waals surface area (Å²) >= 11 is 0. The van der Waals surface area contributed by atoms with Crippen LogP contribution in [0.3, 0.4) is 0 Å². The lowest BCUT2D eigenvalue weighted by Gasteiger charge is -2.37. The van der Waals surface area contributed by atoms with Gasteiger partial charge in [0.1, 0.15) is 11.5 Å². The minimum atomic E-state index is -0.899. The van der Waals surface area contributed by atoms with Gasteiger partial charge >= 0.3 is 0 Å². The van der Waals surface area contributed by atoms with Crippen molar-refractivity contribution in [2.24, 2.45) is 0 Å². The Morgan fingerprint density at radius 3 is 1.70 bits per heavy atom. The molecule has 0 saturated heterocycles. The van der Waals surface area contributed by atoms with Gasteiger partial charge in [0.2, 0.25) is 0 Å². The maximum atomic E-state index is 6.04. The average Bonchev–Trinajstić information content (AvgIpc) is 3.49. The number of rotatable bonds is 15. The van der Waals surface area contributed by atoms with E-state index in [1.165, 1.54) is 42.0 Å². The smallest absolute Gasteiger partial charge is 0.119 e. The van der Waals surface area contributed by atoms with Gasteiger partial charge in [0.15, 0.2) is 0 Å². The van der Waals surface area contributed by atoms with Gasteiger partial charge in [-0.05, 0) is 48.2 Å². The number of aromatic nitrogens is 2. The van der Waals surface area contributed by atoms with Crippen LogP contribution in [0.4, 0.5) is 0 Å². The molecule has 0 aliphatic heterocycles. The van der Waals surface area contributed by atoms with E-state index >= 15 is 0 Å². The summed E-state index contributed by atoms with van der Waals surface area (Å²) in [6, 6.07) is 28.3. The third-order valence-electron chi connectivity index (χ3n) is 6.94. The highest BCUT2D eigenvalue weighted by atomic mass is 28.2. The molecule has 37 heavy (non-hydrogen) atoms. The molecule has 1 aromatic heterocycles. The number of imidazole rings is 1. The summed E-state index contributed by atoms with van der Waals surface area (Å²) in [5, 5.41) is 1.07. The molecule has 0 aliphatic carbocycles. The van der Waals surface area contributed by atoms with E-state index in [0.29, 0.717) is 0 Å². The lowest BCUT2D eigenvalue weighted by molar-refractivity contribution is 0.306. The predicted molar refractivity (Wildman–Crippen MR) is 156 cm³/mol. The zero-order chi connectivity index (χ0) is 25.8. The zero-order valence-corrected chi connectivity index (χ0v) is 23.7. The molecule has 0 spiro atoms.